The second-order valence-corrected chi connectivity index (χ2v) is 7.75. The fourth-order valence-corrected chi connectivity index (χ4v) is 4.58. The number of hydrogen-bond donors (Lipinski definition) is 0. The summed E-state index contributed by atoms with van der Waals surface area (Å²) in [5.41, 5.74) is 0.588. The van der Waals surface area contributed by atoms with Crippen molar-refractivity contribution in [3.63, 3.8) is 0 Å². The van der Waals surface area contributed by atoms with E-state index in [4.69, 9.17) is 16.3 Å². The molecular weight excluding hydrogens is 340 g/mol. The summed E-state index contributed by atoms with van der Waals surface area (Å²) in [4.78, 5) is 28.6. The van der Waals surface area contributed by atoms with Crippen molar-refractivity contribution in [2.24, 2.45) is 11.8 Å². The van der Waals surface area contributed by atoms with Crippen molar-refractivity contribution in [2.75, 3.05) is 31.1 Å². The molecule has 2 amide bonds. The minimum absolute atomic E-state index is 0.0187. The quantitative estimate of drug-likeness (QED) is 0.812. The second-order valence-electron chi connectivity index (χ2n) is 7.31. The smallest absolute Gasteiger partial charge is 0.265 e. The van der Waals surface area contributed by atoms with Crippen molar-refractivity contribution < 1.29 is 14.3 Å². The van der Waals surface area contributed by atoms with Gasteiger partial charge in [-0.15, -0.1) is 0 Å². The topological polar surface area (TPSA) is 49.9 Å². The van der Waals surface area contributed by atoms with E-state index in [-0.39, 0.29) is 25.0 Å². The molecule has 2 atom stereocenters. The third-order valence-corrected chi connectivity index (χ3v) is 6.04. The minimum Gasteiger partial charge on any atom is -0.482 e. The van der Waals surface area contributed by atoms with Crippen LogP contribution in [0.5, 0.6) is 5.75 Å². The average Bonchev–Trinajstić information content (AvgIpc) is 2.63. The Morgan fingerprint density at radius 3 is 2.84 bits per heavy atom. The van der Waals surface area contributed by atoms with Gasteiger partial charge in [-0.05, 0) is 42.9 Å². The van der Waals surface area contributed by atoms with Crippen LogP contribution in [-0.4, -0.2) is 43.0 Å². The van der Waals surface area contributed by atoms with Crippen LogP contribution in [-0.2, 0) is 9.59 Å². The number of anilines is 1. The number of benzene rings is 1. The molecule has 0 spiro atoms. The van der Waals surface area contributed by atoms with Crippen molar-refractivity contribution in [3.05, 3.63) is 23.2 Å². The van der Waals surface area contributed by atoms with Crippen LogP contribution in [0.3, 0.4) is 0 Å². The molecule has 1 aromatic rings. The maximum Gasteiger partial charge on any atom is 0.265 e. The van der Waals surface area contributed by atoms with Gasteiger partial charge in [0.15, 0.2) is 6.61 Å². The van der Waals surface area contributed by atoms with E-state index < -0.39 is 0 Å². The number of amides is 2. The van der Waals surface area contributed by atoms with E-state index in [9.17, 15) is 9.59 Å². The van der Waals surface area contributed by atoms with E-state index >= 15 is 0 Å². The summed E-state index contributed by atoms with van der Waals surface area (Å²) in [5, 5.41) is 0.525. The van der Waals surface area contributed by atoms with Crippen LogP contribution in [0.4, 0.5) is 5.69 Å². The summed E-state index contributed by atoms with van der Waals surface area (Å²) < 4.78 is 5.44. The zero-order chi connectivity index (χ0) is 17.4. The van der Waals surface area contributed by atoms with Gasteiger partial charge < -0.3 is 9.64 Å². The van der Waals surface area contributed by atoms with Crippen LogP contribution < -0.4 is 9.64 Å². The molecule has 134 valence electrons. The molecule has 0 aromatic heterocycles. The molecule has 1 aliphatic carbocycles. The molecule has 0 radical (unpaired) electrons. The molecule has 2 heterocycles. The summed E-state index contributed by atoms with van der Waals surface area (Å²) in [6.45, 7) is 1.67. The largest absolute Gasteiger partial charge is 0.482 e. The molecular formula is C19H23ClN2O3. The van der Waals surface area contributed by atoms with Gasteiger partial charge in [0.2, 0.25) is 5.91 Å². The first-order valence-corrected chi connectivity index (χ1v) is 9.50. The highest BCUT2D eigenvalue weighted by molar-refractivity contribution is 6.31. The van der Waals surface area contributed by atoms with E-state index in [1.54, 1.807) is 18.2 Å². The lowest BCUT2D eigenvalue weighted by Crippen LogP contribution is -2.50. The summed E-state index contributed by atoms with van der Waals surface area (Å²) in [7, 11) is 0. The van der Waals surface area contributed by atoms with Gasteiger partial charge >= 0.3 is 0 Å². The number of carbonyl (C=O) groups excluding carboxylic acids is 2. The van der Waals surface area contributed by atoms with Gasteiger partial charge in [-0.1, -0.05) is 30.9 Å². The van der Waals surface area contributed by atoms with E-state index in [1.807, 2.05) is 4.90 Å². The molecule has 1 saturated carbocycles. The van der Waals surface area contributed by atoms with E-state index in [1.165, 1.54) is 30.6 Å². The molecule has 6 heteroatoms. The van der Waals surface area contributed by atoms with Crippen LogP contribution in [0.15, 0.2) is 18.2 Å². The molecule has 3 aliphatic rings. The number of fused-ring (bicyclic) bond motifs is 2. The summed E-state index contributed by atoms with van der Waals surface area (Å²) in [6, 6.07) is 5.16. The highest BCUT2D eigenvalue weighted by Crippen LogP contribution is 2.37. The fourth-order valence-electron chi connectivity index (χ4n) is 4.41. The molecule has 2 unspecified atom stereocenters. The van der Waals surface area contributed by atoms with Crippen molar-refractivity contribution in [3.8, 4) is 5.75 Å². The van der Waals surface area contributed by atoms with Crippen LogP contribution in [0.25, 0.3) is 0 Å². The molecule has 1 aromatic carbocycles. The Hall–Kier alpha value is -1.75. The predicted octanol–water partition coefficient (Wildman–Crippen LogP) is 3.10. The zero-order valence-corrected chi connectivity index (χ0v) is 15.0. The molecule has 2 fully saturated rings. The van der Waals surface area contributed by atoms with Crippen LogP contribution in [0.2, 0.25) is 5.02 Å². The first kappa shape index (κ1) is 16.7. The predicted molar refractivity (Wildman–Crippen MR) is 95.9 cm³/mol. The maximum absolute atomic E-state index is 12.8. The SMILES string of the molecule is O=C(CN1C(=O)COc2ccc(Cl)cc21)N1CCC2CCCCC2C1. The second kappa shape index (κ2) is 6.87. The fraction of sp³-hybridized carbons (Fsp3) is 0.579. The number of nitrogens with zero attached hydrogens (tertiary/aromatic N) is 2. The van der Waals surface area contributed by atoms with Crippen molar-refractivity contribution in [1.82, 2.24) is 4.90 Å². The number of ether oxygens (including phenoxy) is 1. The zero-order valence-electron chi connectivity index (χ0n) is 14.2. The van der Waals surface area contributed by atoms with Crippen LogP contribution >= 0.6 is 11.6 Å². The third-order valence-electron chi connectivity index (χ3n) is 5.80. The van der Waals surface area contributed by atoms with E-state index in [0.29, 0.717) is 22.4 Å². The molecule has 2 aliphatic heterocycles. The lowest BCUT2D eigenvalue weighted by molar-refractivity contribution is -0.134. The van der Waals surface area contributed by atoms with Crippen LogP contribution in [0, 0.1) is 11.8 Å². The van der Waals surface area contributed by atoms with Gasteiger partial charge in [-0.2, -0.15) is 0 Å². The van der Waals surface area contributed by atoms with Crippen molar-refractivity contribution in [2.45, 2.75) is 32.1 Å². The Labute approximate surface area is 152 Å². The third kappa shape index (κ3) is 3.34. The maximum atomic E-state index is 12.8. The molecule has 25 heavy (non-hydrogen) atoms. The number of halogens is 1. The number of carbonyl (C=O) groups is 2. The molecule has 5 nitrogen and oxygen atoms in total. The Bertz CT molecular complexity index is 693. The standard InChI is InChI=1S/C19H23ClN2O3/c20-15-5-6-17-16(9-15)22(19(24)12-25-17)11-18(23)21-8-7-13-3-1-2-4-14(13)10-21/h5-6,9,13-14H,1-4,7-8,10-12H2. The van der Waals surface area contributed by atoms with Crippen LogP contribution in [0.1, 0.15) is 32.1 Å². The first-order chi connectivity index (χ1) is 12.1. The lowest BCUT2D eigenvalue weighted by Gasteiger charge is -2.42. The lowest BCUT2D eigenvalue weighted by atomic mass is 9.75. The van der Waals surface area contributed by atoms with Gasteiger partial charge in [0.05, 0.1) is 5.69 Å². The molecule has 0 bridgehead atoms. The molecule has 1 saturated heterocycles. The van der Waals surface area contributed by atoms with Gasteiger partial charge in [-0.3, -0.25) is 14.5 Å². The highest BCUT2D eigenvalue weighted by atomic mass is 35.5. The first-order valence-electron chi connectivity index (χ1n) is 9.12. The number of hydrogen-bond acceptors (Lipinski definition) is 3. The van der Waals surface area contributed by atoms with Gasteiger partial charge in [-0.25, -0.2) is 0 Å². The average molecular weight is 363 g/mol. The molecule has 4 rings (SSSR count). The Morgan fingerprint density at radius 2 is 2.00 bits per heavy atom. The summed E-state index contributed by atoms with van der Waals surface area (Å²) in [5.74, 6) is 1.83. The van der Waals surface area contributed by atoms with Crippen molar-refractivity contribution in [1.29, 1.82) is 0 Å². The monoisotopic (exact) mass is 362 g/mol. The van der Waals surface area contributed by atoms with Gasteiger partial charge in [0.25, 0.3) is 5.91 Å². The number of rotatable bonds is 2. The Kier molecular flexibility index (Phi) is 4.59. The summed E-state index contributed by atoms with van der Waals surface area (Å²) >= 11 is 6.06. The Balaban J connectivity index is 1.47. The number of piperidine rings is 1. The number of likely N-dealkylation sites (tertiary alicyclic amines) is 1. The highest BCUT2D eigenvalue weighted by Gasteiger charge is 2.35. The Morgan fingerprint density at radius 1 is 1.20 bits per heavy atom. The van der Waals surface area contributed by atoms with Crippen molar-refractivity contribution >= 4 is 29.1 Å². The van der Waals surface area contributed by atoms with Gasteiger partial charge in [0, 0.05) is 18.1 Å². The van der Waals surface area contributed by atoms with E-state index in [0.717, 1.165) is 25.4 Å². The normalized spacial score (nSPS) is 25.9. The van der Waals surface area contributed by atoms with Gasteiger partial charge in [0.1, 0.15) is 12.3 Å². The summed E-state index contributed by atoms with van der Waals surface area (Å²) in [6.07, 6.45) is 6.23. The minimum atomic E-state index is -0.198. The molecule has 0 N–H and O–H groups in total. The van der Waals surface area contributed by atoms with E-state index in [2.05, 4.69) is 0 Å².